The number of aliphatic hydroxyl groups is 1. The lowest BCUT2D eigenvalue weighted by Crippen LogP contribution is -2.53. The number of hydrogen-bond acceptors (Lipinski definition) is 3. The molecule has 1 amide bonds. The minimum absolute atomic E-state index is 0.153. The summed E-state index contributed by atoms with van der Waals surface area (Å²) < 4.78 is 0. The topological polar surface area (TPSA) is 43.8 Å². The summed E-state index contributed by atoms with van der Waals surface area (Å²) >= 11 is 0. The maximum Gasteiger partial charge on any atom is 0.251 e. The summed E-state index contributed by atoms with van der Waals surface area (Å²) in [5.74, 6) is -0.153. The number of rotatable bonds is 1. The van der Waals surface area contributed by atoms with Gasteiger partial charge in [-0.25, -0.2) is 0 Å². The highest BCUT2D eigenvalue weighted by Gasteiger charge is 2.26. The van der Waals surface area contributed by atoms with Gasteiger partial charge in [0.05, 0.1) is 0 Å². The summed E-state index contributed by atoms with van der Waals surface area (Å²) in [5, 5.41) is 9.12. The fraction of sp³-hybridized carbons (Fsp3) is 0.889. The molecule has 0 aromatic heterocycles. The molecule has 0 radical (unpaired) electrons. The Kier molecular flexibility index (Phi) is 3.27. The van der Waals surface area contributed by atoms with Gasteiger partial charge in [-0.05, 0) is 20.9 Å². The van der Waals surface area contributed by atoms with E-state index < -0.39 is 6.10 Å². The summed E-state index contributed by atoms with van der Waals surface area (Å²) in [6.07, 6.45) is -0.865. The minimum atomic E-state index is -0.865. The molecule has 4 nitrogen and oxygen atoms in total. The van der Waals surface area contributed by atoms with Gasteiger partial charge in [-0.2, -0.15) is 0 Å². The maximum absolute atomic E-state index is 11.4. The fourth-order valence-corrected chi connectivity index (χ4v) is 1.51. The molecule has 1 rings (SSSR count). The number of nitrogens with zero attached hydrogens (tertiary/aromatic N) is 2. The van der Waals surface area contributed by atoms with Gasteiger partial charge in [0.1, 0.15) is 6.10 Å². The van der Waals surface area contributed by atoms with Crippen molar-refractivity contribution < 1.29 is 9.90 Å². The first-order chi connectivity index (χ1) is 6.02. The van der Waals surface area contributed by atoms with Crippen LogP contribution in [0.2, 0.25) is 0 Å². The van der Waals surface area contributed by atoms with Crippen LogP contribution in [0, 0.1) is 0 Å². The Balaban J connectivity index is 2.50. The highest BCUT2D eigenvalue weighted by atomic mass is 16.3. The van der Waals surface area contributed by atoms with Gasteiger partial charge in [0.15, 0.2) is 0 Å². The van der Waals surface area contributed by atoms with Crippen molar-refractivity contribution in [2.24, 2.45) is 0 Å². The lowest BCUT2D eigenvalue weighted by molar-refractivity contribution is -0.141. The van der Waals surface area contributed by atoms with E-state index in [4.69, 9.17) is 5.11 Å². The SMILES string of the molecule is CC1CN(C(=O)[C@H](C)O)CCN1C. The van der Waals surface area contributed by atoms with Crippen LogP contribution in [-0.4, -0.2) is 59.6 Å². The van der Waals surface area contributed by atoms with Gasteiger partial charge >= 0.3 is 0 Å². The summed E-state index contributed by atoms with van der Waals surface area (Å²) in [4.78, 5) is 15.4. The van der Waals surface area contributed by atoms with Crippen LogP contribution in [0.15, 0.2) is 0 Å². The average Bonchev–Trinajstić information content (AvgIpc) is 2.08. The van der Waals surface area contributed by atoms with Crippen molar-refractivity contribution in [2.45, 2.75) is 26.0 Å². The molecule has 0 spiro atoms. The van der Waals surface area contributed by atoms with E-state index in [2.05, 4.69) is 18.9 Å². The zero-order valence-electron chi connectivity index (χ0n) is 8.53. The normalized spacial score (nSPS) is 27.4. The average molecular weight is 186 g/mol. The Bertz CT molecular complexity index is 194. The Labute approximate surface area is 79.1 Å². The second-order valence-electron chi connectivity index (χ2n) is 3.79. The van der Waals surface area contributed by atoms with Crippen molar-refractivity contribution in [3.05, 3.63) is 0 Å². The number of likely N-dealkylation sites (N-methyl/N-ethyl adjacent to an activating group) is 1. The third-order valence-corrected chi connectivity index (χ3v) is 2.63. The molecule has 0 aliphatic carbocycles. The van der Waals surface area contributed by atoms with Gasteiger partial charge in [-0.1, -0.05) is 0 Å². The molecule has 1 aliphatic rings. The zero-order valence-corrected chi connectivity index (χ0v) is 8.53. The summed E-state index contributed by atoms with van der Waals surface area (Å²) in [6.45, 7) is 5.94. The first-order valence-corrected chi connectivity index (χ1v) is 4.69. The van der Waals surface area contributed by atoms with Crippen molar-refractivity contribution in [3.63, 3.8) is 0 Å². The van der Waals surface area contributed by atoms with Crippen LogP contribution in [0.3, 0.4) is 0 Å². The minimum Gasteiger partial charge on any atom is -0.384 e. The summed E-state index contributed by atoms with van der Waals surface area (Å²) in [7, 11) is 2.05. The molecule has 4 heteroatoms. The van der Waals surface area contributed by atoms with E-state index in [0.29, 0.717) is 6.04 Å². The van der Waals surface area contributed by atoms with Crippen LogP contribution in [0.5, 0.6) is 0 Å². The van der Waals surface area contributed by atoms with Crippen molar-refractivity contribution in [1.29, 1.82) is 0 Å². The number of carbonyl (C=O) groups excluding carboxylic acids is 1. The molecular formula is C9H18N2O2. The molecule has 1 heterocycles. The third kappa shape index (κ3) is 2.42. The van der Waals surface area contributed by atoms with Crippen LogP contribution >= 0.6 is 0 Å². The summed E-state index contributed by atoms with van der Waals surface area (Å²) in [5.41, 5.74) is 0. The van der Waals surface area contributed by atoms with Crippen molar-refractivity contribution >= 4 is 5.91 Å². The second kappa shape index (κ2) is 4.07. The zero-order chi connectivity index (χ0) is 10.0. The van der Waals surface area contributed by atoms with Crippen molar-refractivity contribution in [3.8, 4) is 0 Å². The largest absolute Gasteiger partial charge is 0.384 e. The Hall–Kier alpha value is -0.610. The predicted molar refractivity (Wildman–Crippen MR) is 50.4 cm³/mol. The Morgan fingerprint density at radius 1 is 1.54 bits per heavy atom. The molecular weight excluding hydrogens is 168 g/mol. The maximum atomic E-state index is 11.4. The molecule has 1 saturated heterocycles. The van der Waals surface area contributed by atoms with E-state index in [1.54, 1.807) is 4.90 Å². The van der Waals surface area contributed by atoms with E-state index >= 15 is 0 Å². The van der Waals surface area contributed by atoms with Gasteiger partial charge < -0.3 is 14.9 Å². The molecule has 1 unspecified atom stereocenters. The molecule has 0 bridgehead atoms. The lowest BCUT2D eigenvalue weighted by Gasteiger charge is -2.38. The van der Waals surface area contributed by atoms with Crippen molar-refractivity contribution in [2.75, 3.05) is 26.7 Å². The number of piperazine rings is 1. The van der Waals surface area contributed by atoms with Gasteiger partial charge in [0, 0.05) is 25.7 Å². The van der Waals surface area contributed by atoms with E-state index in [9.17, 15) is 4.79 Å². The number of aliphatic hydroxyl groups excluding tert-OH is 1. The van der Waals surface area contributed by atoms with Crippen LogP contribution in [0.25, 0.3) is 0 Å². The first-order valence-electron chi connectivity index (χ1n) is 4.69. The van der Waals surface area contributed by atoms with E-state index in [0.717, 1.165) is 19.6 Å². The van der Waals surface area contributed by atoms with Crippen LogP contribution in [0.4, 0.5) is 0 Å². The quantitative estimate of drug-likeness (QED) is 0.602. The third-order valence-electron chi connectivity index (χ3n) is 2.63. The highest BCUT2D eigenvalue weighted by Crippen LogP contribution is 2.08. The summed E-state index contributed by atoms with van der Waals surface area (Å²) in [6, 6.07) is 0.386. The Morgan fingerprint density at radius 3 is 2.62 bits per heavy atom. The molecule has 1 aliphatic heterocycles. The molecule has 0 aromatic carbocycles. The van der Waals surface area contributed by atoms with Crippen LogP contribution < -0.4 is 0 Å². The molecule has 76 valence electrons. The van der Waals surface area contributed by atoms with Crippen LogP contribution in [0.1, 0.15) is 13.8 Å². The molecule has 1 fully saturated rings. The van der Waals surface area contributed by atoms with Gasteiger partial charge in [0.2, 0.25) is 0 Å². The van der Waals surface area contributed by atoms with Crippen LogP contribution in [-0.2, 0) is 4.79 Å². The molecule has 0 aromatic rings. The van der Waals surface area contributed by atoms with E-state index in [1.807, 2.05) is 0 Å². The number of amides is 1. The Morgan fingerprint density at radius 2 is 2.15 bits per heavy atom. The van der Waals surface area contributed by atoms with E-state index in [1.165, 1.54) is 6.92 Å². The van der Waals surface area contributed by atoms with Crippen molar-refractivity contribution in [1.82, 2.24) is 9.80 Å². The standard InChI is InChI=1S/C9H18N2O2/c1-7-6-11(5-4-10(7)3)9(13)8(2)12/h7-8,12H,4-6H2,1-3H3/t7?,8-/m0/s1. The monoisotopic (exact) mass is 186 g/mol. The van der Waals surface area contributed by atoms with Gasteiger partial charge in [0.25, 0.3) is 5.91 Å². The fourth-order valence-electron chi connectivity index (χ4n) is 1.51. The highest BCUT2D eigenvalue weighted by molar-refractivity contribution is 5.80. The van der Waals surface area contributed by atoms with Gasteiger partial charge in [-0.15, -0.1) is 0 Å². The molecule has 0 saturated carbocycles. The molecule has 13 heavy (non-hydrogen) atoms. The van der Waals surface area contributed by atoms with E-state index in [-0.39, 0.29) is 5.91 Å². The van der Waals surface area contributed by atoms with Gasteiger partial charge in [-0.3, -0.25) is 4.79 Å². The molecule has 2 atom stereocenters. The first kappa shape index (κ1) is 10.5. The number of carbonyl (C=O) groups is 1. The lowest BCUT2D eigenvalue weighted by atomic mass is 10.2. The second-order valence-corrected chi connectivity index (χ2v) is 3.79. The molecule has 1 N–H and O–H groups in total. The smallest absolute Gasteiger partial charge is 0.251 e. The predicted octanol–water partition coefficient (Wildman–Crippen LogP) is -0.470. The number of hydrogen-bond donors (Lipinski definition) is 1.